The minimum Gasteiger partial charge on any atom is -0.381 e. The molecule has 3 nitrogen and oxygen atoms in total. The van der Waals surface area contributed by atoms with Crippen molar-refractivity contribution in [3.05, 3.63) is 34.9 Å². The first kappa shape index (κ1) is 15.8. The van der Waals surface area contributed by atoms with E-state index in [1.807, 2.05) is 18.2 Å². The SMILES string of the molecule is CCNCC1(CN(C)Cc2ccccc2Cl)CCOC1. The molecule has 1 aliphatic rings. The zero-order valence-electron chi connectivity index (χ0n) is 12.5. The maximum Gasteiger partial charge on any atom is 0.0547 e. The van der Waals surface area contributed by atoms with Gasteiger partial charge in [0.25, 0.3) is 0 Å². The molecule has 0 amide bonds. The standard InChI is InChI=1S/C16H25ClN2O/c1-3-18-11-16(8-9-20-13-16)12-19(2)10-14-6-4-5-7-15(14)17/h4-7,18H,3,8-13H2,1-2H3. The van der Waals surface area contributed by atoms with Gasteiger partial charge in [-0.3, -0.25) is 0 Å². The van der Waals surface area contributed by atoms with Crippen LogP contribution < -0.4 is 5.32 Å². The van der Waals surface area contributed by atoms with Crippen molar-refractivity contribution in [3.63, 3.8) is 0 Å². The molecule has 1 aromatic rings. The molecular formula is C16H25ClN2O. The van der Waals surface area contributed by atoms with Gasteiger partial charge in [-0.25, -0.2) is 0 Å². The molecule has 1 unspecified atom stereocenters. The Morgan fingerprint density at radius 3 is 2.85 bits per heavy atom. The fourth-order valence-electron chi connectivity index (χ4n) is 2.91. The third kappa shape index (κ3) is 4.19. The minimum atomic E-state index is 0.242. The third-order valence-electron chi connectivity index (χ3n) is 3.94. The summed E-state index contributed by atoms with van der Waals surface area (Å²) in [4.78, 5) is 2.35. The summed E-state index contributed by atoms with van der Waals surface area (Å²) >= 11 is 6.24. The highest BCUT2D eigenvalue weighted by Gasteiger charge is 2.35. The Kier molecular flexibility index (Phi) is 5.85. The van der Waals surface area contributed by atoms with Crippen LogP contribution in [0.3, 0.4) is 0 Å². The Hall–Kier alpha value is -0.610. The normalized spacial score (nSPS) is 22.6. The summed E-state index contributed by atoms with van der Waals surface area (Å²) in [6.07, 6.45) is 1.13. The highest BCUT2D eigenvalue weighted by molar-refractivity contribution is 6.31. The first-order valence-electron chi connectivity index (χ1n) is 7.36. The fraction of sp³-hybridized carbons (Fsp3) is 0.625. The molecule has 1 saturated heterocycles. The van der Waals surface area contributed by atoms with Crippen molar-refractivity contribution >= 4 is 11.6 Å². The van der Waals surface area contributed by atoms with Crippen LogP contribution in [-0.4, -0.2) is 44.8 Å². The lowest BCUT2D eigenvalue weighted by Gasteiger charge is -2.32. The predicted molar refractivity (Wildman–Crippen MR) is 84.2 cm³/mol. The molecule has 0 aliphatic carbocycles. The summed E-state index contributed by atoms with van der Waals surface area (Å²) < 4.78 is 5.64. The Morgan fingerprint density at radius 1 is 1.40 bits per heavy atom. The quantitative estimate of drug-likeness (QED) is 0.837. The van der Waals surface area contributed by atoms with E-state index < -0.39 is 0 Å². The Labute approximate surface area is 127 Å². The monoisotopic (exact) mass is 296 g/mol. The number of hydrogen-bond acceptors (Lipinski definition) is 3. The third-order valence-corrected chi connectivity index (χ3v) is 4.31. The van der Waals surface area contributed by atoms with Gasteiger partial charge >= 0.3 is 0 Å². The largest absolute Gasteiger partial charge is 0.381 e. The molecule has 0 spiro atoms. The van der Waals surface area contributed by atoms with Crippen LogP contribution in [0.4, 0.5) is 0 Å². The number of nitrogens with zero attached hydrogens (tertiary/aromatic N) is 1. The summed E-state index contributed by atoms with van der Waals surface area (Å²) in [5.74, 6) is 0. The number of nitrogens with one attached hydrogen (secondary N) is 1. The van der Waals surface area contributed by atoms with E-state index >= 15 is 0 Å². The smallest absolute Gasteiger partial charge is 0.0547 e. The second kappa shape index (κ2) is 7.41. The first-order valence-corrected chi connectivity index (χ1v) is 7.73. The minimum absolute atomic E-state index is 0.242. The maximum absolute atomic E-state index is 6.24. The van der Waals surface area contributed by atoms with E-state index in [4.69, 9.17) is 16.3 Å². The molecule has 1 aromatic carbocycles. The van der Waals surface area contributed by atoms with E-state index in [1.54, 1.807) is 0 Å². The van der Waals surface area contributed by atoms with Crippen LogP contribution in [0.15, 0.2) is 24.3 Å². The van der Waals surface area contributed by atoms with Gasteiger partial charge in [0.1, 0.15) is 0 Å². The van der Waals surface area contributed by atoms with Gasteiger partial charge in [-0.1, -0.05) is 36.7 Å². The van der Waals surface area contributed by atoms with Crippen LogP contribution in [-0.2, 0) is 11.3 Å². The lowest BCUT2D eigenvalue weighted by molar-refractivity contribution is 0.117. The van der Waals surface area contributed by atoms with Crippen LogP contribution in [0, 0.1) is 5.41 Å². The molecule has 20 heavy (non-hydrogen) atoms. The zero-order chi connectivity index (χ0) is 14.4. The topological polar surface area (TPSA) is 24.5 Å². The van der Waals surface area contributed by atoms with Crippen molar-refractivity contribution in [3.8, 4) is 0 Å². The number of ether oxygens (including phenoxy) is 1. The van der Waals surface area contributed by atoms with Crippen molar-refractivity contribution < 1.29 is 4.74 Å². The van der Waals surface area contributed by atoms with Gasteiger partial charge < -0.3 is 15.0 Å². The number of hydrogen-bond donors (Lipinski definition) is 1. The molecule has 1 atom stereocenters. The van der Waals surface area contributed by atoms with Crippen molar-refractivity contribution in [2.75, 3.05) is 39.9 Å². The van der Waals surface area contributed by atoms with Gasteiger partial charge in [-0.15, -0.1) is 0 Å². The van der Waals surface area contributed by atoms with E-state index in [0.29, 0.717) is 0 Å². The van der Waals surface area contributed by atoms with Crippen LogP contribution >= 0.6 is 11.6 Å². The molecule has 1 fully saturated rings. The second-order valence-corrected chi connectivity index (χ2v) is 6.25. The first-order chi connectivity index (χ1) is 9.65. The summed E-state index contributed by atoms with van der Waals surface area (Å²) in [5, 5.41) is 4.33. The number of halogens is 1. The van der Waals surface area contributed by atoms with E-state index in [2.05, 4.69) is 30.3 Å². The molecule has 1 heterocycles. The molecule has 2 rings (SSSR count). The van der Waals surface area contributed by atoms with Crippen molar-refractivity contribution in [2.45, 2.75) is 19.9 Å². The summed E-state index contributed by atoms with van der Waals surface area (Å²) in [5.41, 5.74) is 1.43. The van der Waals surface area contributed by atoms with Gasteiger partial charge in [-0.05, 0) is 31.6 Å². The Bertz CT molecular complexity index is 419. The van der Waals surface area contributed by atoms with Crippen LogP contribution in [0.1, 0.15) is 18.9 Å². The fourth-order valence-corrected chi connectivity index (χ4v) is 3.10. The highest BCUT2D eigenvalue weighted by Crippen LogP contribution is 2.29. The number of benzene rings is 1. The zero-order valence-corrected chi connectivity index (χ0v) is 13.2. The van der Waals surface area contributed by atoms with Crippen LogP contribution in [0.2, 0.25) is 5.02 Å². The summed E-state index contributed by atoms with van der Waals surface area (Å²) in [7, 11) is 2.16. The summed E-state index contributed by atoms with van der Waals surface area (Å²) in [6, 6.07) is 8.07. The lowest BCUT2D eigenvalue weighted by Crippen LogP contribution is -2.43. The van der Waals surface area contributed by atoms with E-state index in [9.17, 15) is 0 Å². The molecular weight excluding hydrogens is 272 g/mol. The van der Waals surface area contributed by atoms with Gasteiger partial charge in [0.2, 0.25) is 0 Å². The van der Waals surface area contributed by atoms with Crippen molar-refractivity contribution in [1.29, 1.82) is 0 Å². The molecule has 1 N–H and O–H groups in total. The average molecular weight is 297 g/mol. The van der Waals surface area contributed by atoms with Gasteiger partial charge in [0.15, 0.2) is 0 Å². The number of rotatable bonds is 7. The average Bonchev–Trinajstić information content (AvgIpc) is 2.88. The van der Waals surface area contributed by atoms with Crippen molar-refractivity contribution in [2.24, 2.45) is 5.41 Å². The molecule has 0 aromatic heterocycles. The van der Waals surface area contributed by atoms with Gasteiger partial charge in [0, 0.05) is 36.7 Å². The molecule has 0 radical (unpaired) electrons. The molecule has 112 valence electrons. The van der Waals surface area contributed by atoms with E-state index in [-0.39, 0.29) is 5.41 Å². The summed E-state index contributed by atoms with van der Waals surface area (Å²) in [6.45, 7) is 7.83. The predicted octanol–water partition coefficient (Wildman–Crippen LogP) is 2.79. The van der Waals surface area contributed by atoms with E-state index in [1.165, 1.54) is 5.56 Å². The maximum atomic E-state index is 6.24. The van der Waals surface area contributed by atoms with E-state index in [0.717, 1.165) is 50.8 Å². The van der Waals surface area contributed by atoms with Crippen LogP contribution in [0.5, 0.6) is 0 Å². The molecule has 0 bridgehead atoms. The lowest BCUT2D eigenvalue weighted by atomic mass is 9.86. The molecule has 4 heteroatoms. The van der Waals surface area contributed by atoms with Gasteiger partial charge in [0.05, 0.1) is 6.61 Å². The van der Waals surface area contributed by atoms with Crippen LogP contribution in [0.25, 0.3) is 0 Å². The molecule has 0 saturated carbocycles. The Morgan fingerprint density at radius 2 is 2.20 bits per heavy atom. The highest BCUT2D eigenvalue weighted by atomic mass is 35.5. The second-order valence-electron chi connectivity index (χ2n) is 5.85. The molecule has 1 aliphatic heterocycles. The Balaban J connectivity index is 1.95. The van der Waals surface area contributed by atoms with Gasteiger partial charge in [-0.2, -0.15) is 0 Å². The van der Waals surface area contributed by atoms with Crippen molar-refractivity contribution in [1.82, 2.24) is 10.2 Å².